The molecule has 1 aliphatic rings. The van der Waals surface area contributed by atoms with Crippen LogP contribution in [0.2, 0.25) is 0 Å². The zero-order valence-corrected chi connectivity index (χ0v) is 21.0. The van der Waals surface area contributed by atoms with Crippen LogP contribution in [0.1, 0.15) is 38.4 Å². The summed E-state index contributed by atoms with van der Waals surface area (Å²) >= 11 is 3.23. The lowest BCUT2D eigenvalue weighted by atomic mass is 9.94. The number of carbonyl (C=O) groups excluding carboxylic acids is 1. The fourth-order valence-corrected chi connectivity index (χ4v) is 5.79. The van der Waals surface area contributed by atoms with E-state index in [9.17, 15) is 4.79 Å². The fourth-order valence-electron chi connectivity index (χ4n) is 4.54. The number of aryl methyl sites for hydroxylation is 1. The number of thiazole rings is 1. The molecule has 0 spiro atoms. The molecule has 3 aromatic heterocycles. The van der Waals surface area contributed by atoms with Gasteiger partial charge in [-0.05, 0) is 60.6 Å². The number of benzene rings is 1. The van der Waals surface area contributed by atoms with Gasteiger partial charge in [0.25, 0.3) is 5.91 Å². The molecule has 0 atom stereocenters. The second kappa shape index (κ2) is 10.1. The molecule has 0 unspecified atom stereocenters. The second-order valence-electron chi connectivity index (χ2n) is 8.35. The van der Waals surface area contributed by atoms with Gasteiger partial charge in [-0.1, -0.05) is 12.1 Å². The zero-order chi connectivity index (χ0) is 23.5. The van der Waals surface area contributed by atoms with Crippen LogP contribution in [0.15, 0.2) is 65.3 Å². The maximum Gasteiger partial charge on any atom is 0.252 e. The van der Waals surface area contributed by atoms with Gasteiger partial charge in [-0.15, -0.1) is 23.1 Å². The Labute approximate surface area is 208 Å². The van der Waals surface area contributed by atoms with E-state index in [-0.39, 0.29) is 5.91 Å². The predicted octanol–water partition coefficient (Wildman–Crippen LogP) is 4.85. The number of nitrogens with zero attached hydrogens (tertiary/aromatic N) is 4. The van der Waals surface area contributed by atoms with Gasteiger partial charge in [0.1, 0.15) is 0 Å². The van der Waals surface area contributed by atoms with Crippen molar-refractivity contribution in [1.29, 1.82) is 0 Å². The molecule has 34 heavy (non-hydrogen) atoms. The number of rotatable bonds is 7. The first kappa shape index (κ1) is 22.8. The standard InChI is InChI=1S/C26H27N5OS2/c1-18-23(15-29-25(32)22-7-3-4-8-24(22)33-2)21-9-12-30(16-19(21)14-28-18)17-20-6-5-11-31(20)26-27-10-13-34-26/h3-8,10-11,13-14H,9,12,15-17H2,1-2H3,(H,29,32). The Balaban J connectivity index is 1.30. The largest absolute Gasteiger partial charge is 0.348 e. The molecule has 4 aromatic rings. The molecule has 1 aliphatic heterocycles. The van der Waals surface area contributed by atoms with Crippen LogP contribution in [0.3, 0.4) is 0 Å². The third kappa shape index (κ3) is 4.66. The van der Waals surface area contributed by atoms with Crippen LogP contribution >= 0.6 is 23.1 Å². The summed E-state index contributed by atoms with van der Waals surface area (Å²) in [5.74, 6) is -0.0395. The first-order valence-electron chi connectivity index (χ1n) is 11.3. The smallest absolute Gasteiger partial charge is 0.252 e. The lowest BCUT2D eigenvalue weighted by Crippen LogP contribution is -2.33. The van der Waals surface area contributed by atoms with Gasteiger partial charge in [0.15, 0.2) is 5.13 Å². The summed E-state index contributed by atoms with van der Waals surface area (Å²) < 4.78 is 2.17. The van der Waals surface area contributed by atoms with Crippen molar-refractivity contribution >= 4 is 29.0 Å². The van der Waals surface area contributed by atoms with Crippen LogP contribution in [0.25, 0.3) is 5.13 Å². The Morgan fingerprint density at radius 2 is 2.09 bits per heavy atom. The summed E-state index contributed by atoms with van der Waals surface area (Å²) in [5.41, 5.74) is 6.68. The number of hydrogen-bond acceptors (Lipinski definition) is 6. The van der Waals surface area contributed by atoms with Crippen molar-refractivity contribution in [2.24, 2.45) is 0 Å². The van der Waals surface area contributed by atoms with Gasteiger partial charge < -0.3 is 5.32 Å². The molecule has 0 fully saturated rings. The number of aromatic nitrogens is 3. The molecule has 5 rings (SSSR count). The van der Waals surface area contributed by atoms with Crippen molar-refractivity contribution in [2.45, 2.75) is 37.9 Å². The minimum Gasteiger partial charge on any atom is -0.348 e. The summed E-state index contributed by atoms with van der Waals surface area (Å²) in [7, 11) is 0. The van der Waals surface area contributed by atoms with E-state index in [2.05, 4.69) is 43.1 Å². The summed E-state index contributed by atoms with van der Waals surface area (Å²) in [4.78, 5) is 25.4. The van der Waals surface area contributed by atoms with Gasteiger partial charge >= 0.3 is 0 Å². The molecular weight excluding hydrogens is 462 g/mol. The number of fused-ring (bicyclic) bond motifs is 1. The zero-order valence-electron chi connectivity index (χ0n) is 19.3. The number of nitrogens with one attached hydrogen (secondary N) is 1. The van der Waals surface area contributed by atoms with Gasteiger partial charge in [0.2, 0.25) is 0 Å². The molecule has 6 nitrogen and oxygen atoms in total. The van der Waals surface area contributed by atoms with E-state index in [1.54, 1.807) is 23.1 Å². The topological polar surface area (TPSA) is 63.1 Å². The van der Waals surface area contributed by atoms with Gasteiger partial charge in [-0.3, -0.25) is 19.2 Å². The Morgan fingerprint density at radius 1 is 1.21 bits per heavy atom. The van der Waals surface area contributed by atoms with Crippen molar-refractivity contribution < 1.29 is 4.79 Å². The van der Waals surface area contributed by atoms with E-state index in [1.807, 2.05) is 55.2 Å². The summed E-state index contributed by atoms with van der Waals surface area (Å²) in [6.07, 6.45) is 8.86. The van der Waals surface area contributed by atoms with Crippen molar-refractivity contribution in [3.05, 3.63) is 94.0 Å². The van der Waals surface area contributed by atoms with E-state index in [1.165, 1.54) is 16.8 Å². The molecule has 174 valence electrons. The van der Waals surface area contributed by atoms with Crippen molar-refractivity contribution in [3.63, 3.8) is 0 Å². The van der Waals surface area contributed by atoms with Crippen LogP contribution in [-0.4, -0.2) is 38.1 Å². The molecule has 1 N–H and O–H groups in total. The first-order chi connectivity index (χ1) is 16.6. The van der Waals surface area contributed by atoms with E-state index < -0.39 is 0 Å². The molecule has 1 aromatic carbocycles. The number of amides is 1. The lowest BCUT2D eigenvalue weighted by molar-refractivity contribution is 0.0947. The first-order valence-corrected chi connectivity index (χ1v) is 13.4. The summed E-state index contributed by atoms with van der Waals surface area (Å²) in [6.45, 7) is 5.20. The molecule has 0 saturated heterocycles. The molecule has 1 amide bonds. The quantitative estimate of drug-likeness (QED) is 0.376. The predicted molar refractivity (Wildman–Crippen MR) is 138 cm³/mol. The SMILES string of the molecule is CSc1ccccc1C(=O)NCc1c(C)ncc2c1CCN(Cc1cccn1-c1nccs1)C2. The number of thioether (sulfide) groups is 1. The van der Waals surface area contributed by atoms with E-state index >= 15 is 0 Å². The van der Waals surface area contributed by atoms with Crippen LogP contribution in [0, 0.1) is 6.92 Å². The van der Waals surface area contributed by atoms with Gasteiger partial charge in [0, 0.05) is 66.4 Å². The van der Waals surface area contributed by atoms with Crippen molar-refractivity contribution in [1.82, 2.24) is 24.8 Å². The normalized spacial score (nSPS) is 13.6. The Hall–Kier alpha value is -2.94. The third-order valence-corrected chi connectivity index (χ3v) is 7.86. The number of hydrogen-bond donors (Lipinski definition) is 1. The Bertz CT molecular complexity index is 1300. The number of pyridine rings is 1. The van der Waals surface area contributed by atoms with E-state index in [4.69, 9.17) is 0 Å². The maximum absolute atomic E-state index is 12.9. The summed E-state index contributed by atoms with van der Waals surface area (Å²) in [5, 5.41) is 6.14. The highest BCUT2D eigenvalue weighted by Crippen LogP contribution is 2.26. The highest BCUT2D eigenvalue weighted by molar-refractivity contribution is 7.98. The van der Waals surface area contributed by atoms with Crippen LogP contribution in [-0.2, 0) is 26.1 Å². The molecule has 0 saturated carbocycles. The fraction of sp³-hybridized carbons (Fsp3) is 0.269. The van der Waals surface area contributed by atoms with Gasteiger partial charge in [-0.2, -0.15) is 0 Å². The van der Waals surface area contributed by atoms with Gasteiger partial charge in [0.05, 0.1) is 5.56 Å². The molecule has 4 heterocycles. The molecular formula is C26H27N5OS2. The molecule has 0 aliphatic carbocycles. The molecule has 8 heteroatoms. The molecule has 0 radical (unpaired) electrons. The Morgan fingerprint density at radius 3 is 2.91 bits per heavy atom. The number of carbonyl (C=O) groups is 1. The monoisotopic (exact) mass is 489 g/mol. The van der Waals surface area contributed by atoms with E-state index in [0.29, 0.717) is 6.54 Å². The lowest BCUT2D eigenvalue weighted by Gasteiger charge is -2.30. The third-order valence-electron chi connectivity index (χ3n) is 6.30. The maximum atomic E-state index is 12.9. The molecule has 0 bridgehead atoms. The van der Waals surface area contributed by atoms with Crippen molar-refractivity contribution in [2.75, 3.05) is 12.8 Å². The summed E-state index contributed by atoms with van der Waals surface area (Å²) in [6, 6.07) is 12.0. The van der Waals surface area contributed by atoms with Crippen LogP contribution in [0.4, 0.5) is 0 Å². The van der Waals surface area contributed by atoms with Crippen LogP contribution < -0.4 is 5.32 Å². The van der Waals surface area contributed by atoms with Gasteiger partial charge in [-0.25, -0.2) is 4.98 Å². The Kier molecular flexibility index (Phi) is 6.80. The van der Waals surface area contributed by atoms with Crippen LogP contribution in [0.5, 0.6) is 0 Å². The average Bonchev–Trinajstić information content (AvgIpc) is 3.55. The van der Waals surface area contributed by atoms with Crippen molar-refractivity contribution in [3.8, 4) is 5.13 Å². The highest BCUT2D eigenvalue weighted by Gasteiger charge is 2.22. The average molecular weight is 490 g/mol. The second-order valence-corrected chi connectivity index (χ2v) is 10.1. The minimum absolute atomic E-state index is 0.0395. The minimum atomic E-state index is -0.0395. The highest BCUT2D eigenvalue weighted by atomic mass is 32.2. The van der Waals surface area contributed by atoms with E-state index in [0.717, 1.165) is 52.9 Å².